The van der Waals surface area contributed by atoms with Gasteiger partial charge in [-0.15, -0.1) is 0 Å². The van der Waals surface area contributed by atoms with E-state index in [0.29, 0.717) is 34.1 Å². The van der Waals surface area contributed by atoms with Gasteiger partial charge in [-0.25, -0.2) is 4.39 Å². The monoisotopic (exact) mass is 523 g/mol. The van der Waals surface area contributed by atoms with Gasteiger partial charge in [0, 0.05) is 11.3 Å². The first-order chi connectivity index (χ1) is 18.8. The van der Waals surface area contributed by atoms with Crippen LogP contribution in [0.4, 0.5) is 10.1 Å². The Bertz CT molecular complexity index is 1530. The summed E-state index contributed by atoms with van der Waals surface area (Å²) in [7, 11) is 0. The fraction of sp³-hybridized carbons (Fsp3) is 0.125. The molecule has 0 radical (unpaired) electrons. The molecule has 0 bridgehead atoms. The number of ketones is 1. The summed E-state index contributed by atoms with van der Waals surface area (Å²) in [6.07, 6.45) is -0.0316. The number of amides is 1. The molecule has 4 aromatic carbocycles. The van der Waals surface area contributed by atoms with Crippen LogP contribution in [0.2, 0.25) is 0 Å². The van der Waals surface area contributed by atoms with Crippen LogP contribution in [0.15, 0.2) is 109 Å². The largest absolute Gasteiger partial charge is 0.507 e. The van der Waals surface area contributed by atoms with Gasteiger partial charge >= 0.3 is 0 Å². The number of aliphatic hydroxyl groups is 1. The third-order valence-electron chi connectivity index (χ3n) is 6.20. The van der Waals surface area contributed by atoms with Crippen LogP contribution in [-0.2, 0) is 9.59 Å². The molecule has 0 spiro atoms. The highest BCUT2D eigenvalue weighted by Gasteiger charge is 2.47. The van der Waals surface area contributed by atoms with Crippen molar-refractivity contribution in [3.63, 3.8) is 0 Å². The first-order valence-corrected chi connectivity index (χ1v) is 12.5. The molecule has 6 nitrogen and oxygen atoms in total. The van der Waals surface area contributed by atoms with Crippen LogP contribution < -0.4 is 14.4 Å². The number of halogens is 1. The zero-order chi connectivity index (χ0) is 27.5. The number of carbonyl (C=O) groups is 2. The fourth-order valence-electron chi connectivity index (χ4n) is 4.51. The molecule has 5 rings (SSSR count). The normalized spacial score (nSPS) is 16.5. The standard InChI is InChI=1S/C32H26FNO5/c1-20(2)38-26-17-11-21(12-18-26)30(35)28-29(34(32(37)31(28)36)24-15-13-23(33)14-16-24)22-7-6-10-27(19-22)39-25-8-4-3-5-9-25/h3-20,29,35H,1-2H3/b30-28-. The minimum Gasteiger partial charge on any atom is -0.507 e. The van der Waals surface area contributed by atoms with Gasteiger partial charge in [0.2, 0.25) is 0 Å². The summed E-state index contributed by atoms with van der Waals surface area (Å²) >= 11 is 0. The van der Waals surface area contributed by atoms with E-state index in [1.807, 2.05) is 44.2 Å². The topological polar surface area (TPSA) is 76.1 Å². The molecule has 7 heteroatoms. The third kappa shape index (κ3) is 5.38. The number of hydrogen-bond donors (Lipinski definition) is 1. The lowest BCUT2D eigenvalue weighted by atomic mass is 9.95. The second-order valence-electron chi connectivity index (χ2n) is 9.32. The summed E-state index contributed by atoms with van der Waals surface area (Å²) in [6.45, 7) is 3.81. The van der Waals surface area contributed by atoms with Gasteiger partial charge in [-0.1, -0.05) is 30.3 Å². The Morgan fingerprint density at radius 2 is 1.49 bits per heavy atom. The molecule has 1 aliphatic rings. The fourth-order valence-corrected chi connectivity index (χ4v) is 4.51. The molecule has 0 saturated carbocycles. The number of rotatable bonds is 7. The van der Waals surface area contributed by atoms with Gasteiger partial charge < -0.3 is 14.6 Å². The second kappa shape index (κ2) is 10.8. The summed E-state index contributed by atoms with van der Waals surface area (Å²) in [5.41, 5.74) is 1.12. The van der Waals surface area contributed by atoms with Crippen molar-refractivity contribution < 1.29 is 28.6 Å². The number of aliphatic hydroxyl groups excluding tert-OH is 1. The van der Waals surface area contributed by atoms with Crippen LogP contribution in [0.25, 0.3) is 5.76 Å². The lowest BCUT2D eigenvalue weighted by Gasteiger charge is -2.25. The van der Waals surface area contributed by atoms with Crippen molar-refractivity contribution in [2.75, 3.05) is 4.90 Å². The summed E-state index contributed by atoms with van der Waals surface area (Å²) in [5.74, 6) is -0.775. The van der Waals surface area contributed by atoms with Gasteiger partial charge in [0.25, 0.3) is 11.7 Å². The molecule has 1 heterocycles. The highest BCUT2D eigenvalue weighted by atomic mass is 19.1. The van der Waals surface area contributed by atoms with E-state index in [2.05, 4.69) is 0 Å². The maximum Gasteiger partial charge on any atom is 0.300 e. The van der Waals surface area contributed by atoms with Gasteiger partial charge in [-0.3, -0.25) is 14.5 Å². The molecule has 1 amide bonds. The predicted octanol–water partition coefficient (Wildman–Crippen LogP) is 7.03. The molecule has 1 aliphatic heterocycles. The molecule has 1 atom stereocenters. The number of anilines is 1. The van der Waals surface area contributed by atoms with Gasteiger partial charge in [0.15, 0.2) is 0 Å². The molecular weight excluding hydrogens is 497 g/mol. The number of ether oxygens (including phenoxy) is 2. The summed E-state index contributed by atoms with van der Waals surface area (Å²) in [4.78, 5) is 28.0. The average molecular weight is 524 g/mol. The predicted molar refractivity (Wildman–Crippen MR) is 146 cm³/mol. The first kappa shape index (κ1) is 25.7. The molecule has 1 unspecified atom stereocenters. The van der Waals surface area contributed by atoms with E-state index in [1.54, 1.807) is 48.5 Å². The van der Waals surface area contributed by atoms with E-state index in [0.717, 1.165) is 0 Å². The maximum absolute atomic E-state index is 13.7. The summed E-state index contributed by atoms with van der Waals surface area (Å²) < 4.78 is 25.4. The molecular formula is C32H26FNO5. The van der Waals surface area contributed by atoms with Crippen molar-refractivity contribution >= 4 is 23.1 Å². The average Bonchev–Trinajstić information content (AvgIpc) is 3.20. The Hall–Kier alpha value is -4.91. The third-order valence-corrected chi connectivity index (χ3v) is 6.20. The van der Waals surface area contributed by atoms with Crippen molar-refractivity contribution in [1.82, 2.24) is 0 Å². The molecule has 1 saturated heterocycles. The van der Waals surface area contributed by atoms with Crippen molar-refractivity contribution in [3.05, 3.63) is 126 Å². The number of hydrogen-bond acceptors (Lipinski definition) is 5. The summed E-state index contributed by atoms with van der Waals surface area (Å²) in [6, 6.07) is 27.1. The van der Waals surface area contributed by atoms with Crippen LogP contribution >= 0.6 is 0 Å². The van der Waals surface area contributed by atoms with E-state index in [-0.39, 0.29) is 17.4 Å². The van der Waals surface area contributed by atoms with Crippen LogP contribution in [0.1, 0.15) is 31.0 Å². The number of benzene rings is 4. The number of carbonyl (C=O) groups excluding carboxylic acids is 2. The van der Waals surface area contributed by atoms with Crippen molar-refractivity contribution in [2.45, 2.75) is 26.0 Å². The Morgan fingerprint density at radius 3 is 2.15 bits per heavy atom. The molecule has 1 N–H and O–H groups in total. The van der Waals surface area contributed by atoms with E-state index < -0.39 is 23.5 Å². The Morgan fingerprint density at radius 1 is 0.821 bits per heavy atom. The second-order valence-corrected chi connectivity index (χ2v) is 9.32. The van der Waals surface area contributed by atoms with Crippen LogP contribution in [0.5, 0.6) is 17.2 Å². The van der Waals surface area contributed by atoms with Gasteiger partial charge in [0.05, 0.1) is 17.7 Å². The number of nitrogens with zero attached hydrogens (tertiary/aromatic N) is 1. The minimum atomic E-state index is -0.985. The molecule has 196 valence electrons. The van der Waals surface area contributed by atoms with Gasteiger partial charge in [-0.05, 0) is 92.2 Å². The number of Topliss-reactive ketones (excluding diaryl/α,β-unsaturated/α-hetero) is 1. The molecule has 39 heavy (non-hydrogen) atoms. The smallest absolute Gasteiger partial charge is 0.300 e. The van der Waals surface area contributed by atoms with Gasteiger partial charge in [0.1, 0.15) is 28.8 Å². The molecule has 0 aliphatic carbocycles. The summed E-state index contributed by atoms with van der Waals surface area (Å²) in [5, 5.41) is 11.4. The number of para-hydroxylation sites is 1. The van der Waals surface area contributed by atoms with Crippen LogP contribution in [0, 0.1) is 5.82 Å². The molecule has 1 fully saturated rings. The van der Waals surface area contributed by atoms with Crippen molar-refractivity contribution in [3.8, 4) is 17.2 Å². The van der Waals surface area contributed by atoms with Crippen LogP contribution in [0.3, 0.4) is 0 Å². The van der Waals surface area contributed by atoms with E-state index in [9.17, 15) is 19.1 Å². The van der Waals surface area contributed by atoms with Gasteiger partial charge in [-0.2, -0.15) is 0 Å². The first-order valence-electron chi connectivity index (χ1n) is 12.5. The van der Waals surface area contributed by atoms with Crippen molar-refractivity contribution in [1.29, 1.82) is 0 Å². The Labute approximate surface area is 225 Å². The quantitative estimate of drug-likeness (QED) is 0.160. The Balaban J connectivity index is 1.62. The maximum atomic E-state index is 13.7. The lowest BCUT2D eigenvalue weighted by molar-refractivity contribution is -0.132. The zero-order valence-corrected chi connectivity index (χ0v) is 21.4. The SMILES string of the molecule is CC(C)Oc1ccc(/C(O)=C2/C(=O)C(=O)N(c3ccc(F)cc3)C2c2cccc(Oc3ccccc3)c2)cc1. The van der Waals surface area contributed by atoms with Crippen LogP contribution in [-0.4, -0.2) is 22.9 Å². The lowest BCUT2D eigenvalue weighted by Crippen LogP contribution is -2.29. The molecule has 0 aromatic heterocycles. The zero-order valence-electron chi connectivity index (χ0n) is 21.4. The van der Waals surface area contributed by atoms with E-state index in [1.165, 1.54) is 29.2 Å². The highest BCUT2D eigenvalue weighted by molar-refractivity contribution is 6.51. The van der Waals surface area contributed by atoms with E-state index in [4.69, 9.17) is 9.47 Å². The Kier molecular flexibility index (Phi) is 7.14. The minimum absolute atomic E-state index is 0.0316. The van der Waals surface area contributed by atoms with Crippen molar-refractivity contribution in [2.24, 2.45) is 0 Å². The van der Waals surface area contributed by atoms with E-state index >= 15 is 0 Å². The highest BCUT2D eigenvalue weighted by Crippen LogP contribution is 2.43. The molecule has 4 aromatic rings.